The summed E-state index contributed by atoms with van der Waals surface area (Å²) >= 11 is 1.49. The van der Waals surface area contributed by atoms with Crippen LogP contribution in [-0.2, 0) is 22.4 Å². The molecule has 5 atom stereocenters. The maximum Gasteiger partial charge on any atom is 0.256 e. The number of carbonyl (C=O) groups excluding carboxylic acids is 3. The lowest BCUT2D eigenvalue weighted by Crippen LogP contribution is -2.32. The largest absolute Gasteiger partial charge is 0.312 e. The van der Waals surface area contributed by atoms with Crippen molar-refractivity contribution in [2.45, 2.75) is 32.6 Å². The highest BCUT2D eigenvalue weighted by Gasteiger charge is 2.59. The van der Waals surface area contributed by atoms with E-state index in [-0.39, 0.29) is 41.4 Å². The molecule has 33 heavy (non-hydrogen) atoms. The van der Waals surface area contributed by atoms with Crippen LogP contribution in [-0.4, -0.2) is 17.7 Å². The van der Waals surface area contributed by atoms with Crippen LogP contribution >= 0.6 is 11.3 Å². The maximum atomic E-state index is 13.0. The topological polar surface area (TPSA) is 90.3 Å². The number of thiophene rings is 1. The van der Waals surface area contributed by atoms with E-state index in [4.69, 9.17) is 0 Å². The van der Waals surface area contributed by atoms with Gasteiger partial charge in [0.15, 0.2) is 0 Å². The van der Waals surface area contributed by atoms with E-state index in [2.05, 4.69) is 30.5 Å². The summed E-state index contributed by atoms with van der Waals surface area (Å²) in [6.07, 6.45) is 7.96. The van der Waals surface area contributed by atoms with Gasteiger partial charge in [-0.3, -0.25) is 19.3 Å². The van der Waals surface area contributed by atoms with Gasteiger partial charge in [-0.25, -0.2) is 0 Å². The van der Waals surface area contributed by atoms with E-state index in [1.807, 2.05) is 0 Å². The minimum absolute atomic E-state index is 0.129. The zero-order valence-electron chi connectivity index (χ0n) is 18.2. The van der Waals surface area contributed by atoms with Crippen molar-refractivity contribution < 1.29 is 14.4 Å². The highest BCUT2D eigenvalue weighted by molar-refractivity contribution is 7.16. The van der Waals surface area contributed by atoms with Crippen molar-refractivity contribution in [3.8, 4) is 6.07 Å². The predicted octanol–water partition coefficient (Wildman–Crippen LogP) is 4.31. The number of allylic oxidation sites excluding steroid dienone is 2. The number of nitrogens with zero attached hydrogens (tertiary/aromatic N) is 2. The molecule has 1 aromatic heterocycles. The highest BCUT2D eigenvalue weighted by atomic mass is 32.1. The van der Waals surface area contributed by atoms with E-state index in [1.54, 1.807) is 24.3 Å². The first kappa shape index (κ1) is 20.4. The minimum Gasteiger partial charge on any atom is -0.312 e. The maximum absolute atomic E-state index is 13.0. The summed E-state index contributed by atoms with van der Waals surface area (Å²) in [7, 11) is 0. The third-order valence-corrected chi connectivity index (χ3v) is 8.91. The van der Waals surface area contributed by atoms with Crippen LogP contribution in [0.25, 0.3) is 0 Å². The molecule has 2 bridgehead atoms. The van der Waals surface area contributed by atoms with Crippen molar-refractivity contribution in [2.24, 2.45) is 29.6 Å². The van der Waals surface area contributed by atoms with Crippen LogP contribution in [0.1, 0.15) is 46.1 Å². The Morgan fingerprint density at radius 2 is 1.79 bits per heavy atom. The first-order valence-corrected chi connectivity index (χ1v) is 12.3. The number of rotatable bonds is 3. The van der Waals surface area contributed by atoms with Crippen molar-refractivity contribution in [2.75, 3.05) is 10.2 Å². The monoisotopic (exact) mass is 457 g/mol. The van der Waals surface area contributed by atoms with Gasteiger partial charge in [0, 0.05) is 10.4 Å². The van der Waals surface area contributed by atoms with E-state index in [1.165, 1.54) is 21.1 Å². The van der Waals surface area contributed by atoms with Gasteiger partial charge in [0.05, 0.1) is 23.1 Å². The number of nitriles is 1. The number of fused-ring (bicyclic) bond motifs is 6. The second-order valence-corrected chi connectivity index (χ2v) is 10.8. The zero-order valence-corrected chi connectivity index (χ0v) is 19.0. The normalized spacial score (nSPS) is 29.2. The summed E-state index contributed by atoms with van der Waals surface area (Å²) < 4.78 is 0. The molecule has 1 aliphatic heterocycles. The quantitative estimate of drug-likeness (QED) is 0.549. The van der Waals surface area contributed by atoms with Crippen molar-refractivity contribution in [1.29, 1.82) is 5.26 Å². The molecule has 6 nitrogen and oxygen atoms in total. The van der Waals surface area contributed by atoms with Gasteiger partial charge in [0.2, 0.25) is 11.8 Å². The molecule has 2 aromatic rings. The third-order valence-electron chi connectivity index (χ3n) is 7.70. The number of benzene rings is 1. The fourth-order valence-electron chi connectivity index (χ4n) is 6.06. The zero-order chi connectivity index (χ0) is 22.9. The molecular weight excluding hydrogens is 434 g/mol. The number of nitrogens with one attached hydrogen (secondary N) is 1. The Morgan fingerprint density at radius 3 is 2.42 bits per heavy atom. The highest BCUT2D eigenvalue weighted by Crippen LogP contribution is 2.53. The molecule has 3 aliphatic carbocycles. The lowest BCUT2D eigenvalue weighted by molar-refractivity contribution is -0.123. The molecule has 0 radical (unpaired) electrons. The average Bonchev–Trinajstić information content (AvgIpc) is 3.56. The Bertz CT molecular complexity index is 1240. The lowest BCUT2D eigenvalue weighted by Gasteiger charge is -2.17. The summed E-state index contributed by atoms with van der Waals surface area (Å²) in [4.78, 5) is 41.4. The molecule has 1 aromatic carbocycles. The molecule has 7 heteroatoms. The molecule has 2 heterocycles. The van der Waals surface area contributed by atoms with E-state index in [9.17, 15) is 19.6 Å². The molecule has 1 N–H and O–H groups in total. The van der Waals surface area contributed by atoms with Gasteiger partial charge in [-0.15, -0.1) is 11.3 Å². The van der Waals surface area contributed by atoms with Gasteiger partial charge in [-0.2, -0.15) is 5.26 Å². The number of carbonyl (C=O) groups is 3. The molecule has 1 saturated heterocycles. The molecule has 166 valence electrons. The van der Waals surface area contributed by atoms with Gasteiger partial charge >= 0.3 is 0 Å². The van der Waals surface area contributed by atoms with Crippen molar-refractivity contribution in [3.05, 3.63) is 58.0 Å². The third kappa shape index (κ3) is 3.01. The smallest absolute Gasteiger partial charge is 0.256 e. The van der Waals surface area contributed by atoms with Gasteiger partial charge < -0.3 is 5.32 Å². The molecule has 3 amide bonds. The van der Waals surface area contributed by atoms with Crippen molar-refractivity contribution >= 4 is 39.7 Å². The Kier molecular flexibility index (Phi) is 4.56. The number of anilines is 2. The van der Waals surface area contributed by atoms with Crippen molar-refractivity contribution in [1.82, 2.24) is 0 Å². The number of aryl methyl sites for hydroxylation is 1. The molecule has 2 fully saturated rings. The predicted molar refractivity (Wildman–Crippen MR) is 125 cm³/mol. The van der Waals surface area contributed by atoms with Crippen LogP contribution < -0.4 is 10.2 Å². The van der Waals surface area contributed by atoms with Gasteiger partial charge in [0.1, 0.15) is 11.1 Å². The van der Waals surface area contributed by atoms with Gasteiger partial charge in [-0.1, -0.05) is 19.1 Å². The van der Waals surface area contributed by atoms with Crippen molar-refractivity contribution in [3.63, 3.8) is 0 Å². The summed E-state index contributed by atoms with van der Waals surface area (Å²) in [5.74, 6) is -0.173. The number of imide groups is 1. The Labute approximate surface area is 195 Å². The van der Waals surface area contributed by atoms with E-state index < -0.39 is 0 Å². The van der Waals surface area contributed by atoms with Crippen LogP contribution in [0.3, 0.4) is 0 Å². The van der Waals surface area contributed by atoms with Crippen LogP contribution in [0.2, 0.25) is 0 Å². The van der Waals surface area contributed by atoms with Crippen LogP contribution in [0, 0.1) is 40.9 Å². The van der Waals surface area contributed by atoms with Crippen LogP contribution in [0.4, 0.5) is 10.7 Å². The molecule has 0 unspecified atom stereocenters. The van der Waals surface area contributed by atoms with Crippen LogP contribution in [0.15, 0.2) is 36.4 Å². The second-order valence-electron chi connectivity index (χ2n) is 9.68. The first-order chi connectivity index (χ1) is 16.0. The average molecular weight is 458 g/mol. The molecule has 4 aliphatic rings. The fourth-order valence-corrected chi connectivity index (χ4v) is 7.25. The molecule has 1 saturated carbocycles. The fraction of sp³-hybridized carbons (Fsp3) is 0.385. The van der Waals surface area contributed by atoms with E-state index >= 15 is 0 Å². The van der Waals surface area contributed by atoms with Gasteiger partial charge in [-0.05, 0) is 73.3 Å². The summed E-state index contributed by atoms with van der Waals surface area (Å²) in [6, 6.07) is 8.86. The SMILES string of the molecule is C[C@H]1CCc2sc(NC(=O)c3ccc(N4C(=O)[C@@H]5[C@H](C4=O)[C@H]4C=C[C@@H]5C4)cc3)c(C#N)c2C1. The first-order valence-electron chi connectivity index (χ1n) is 11.5. The Morgan fingerprint density at radius 1 is 1.12 bits per heavy atom. The van der Waals surface area contributed by atoms with E-state index in [0.717, 1.165) is 31.2 Å². The standard InChI is InChI=1S/C26H23N3O3S/c1-13-2-9-20-18(10-13)19(12-27)24(33-20)28-23(30)14-5-7-17(8-6-14)29-25(31)21-15-3-4-16(11-15)22(21)26(29)32/h3-8,13,15-16,21-22H,2,9-11H2,1H3,(H,28,30)/t13-,15-,16+,21+,22-/m0/s1. The second kappa shape index (κ2) is 7.39. The molecule has 0 spiro atoms. The summed E-state index contributed by atoms with van der Waals surface area (Å²) in [6.45, 7) is 2.19. The van der Waals surface area contributed by atoms with E-state index in [0.29, 0.717) is 27.7 Å². The number of hydrogen-bond donors (Lipinski definition) is 1. The molecule has 6 rings (SSSR count). The Balaban J connectivity index is 1.21. The Hall–Kier alpha value is -3.24. The summed E-state index contributed by atoms with van der Waals surface area (Å²) in [5, 5.41) is 13.2. The lowest BCUT2D eigenvalue weighted by atomic mass is 9.85. The number of amides is 3. The minimum atomic E-state index is -0.303. The number of hydrogen-bond acceptors (Lipinski definition) is 5. The van der Waals surface area contributed by atoms with Gasteiger partial charge in [0.25, 0.3) is 5.91 Å². The molecular formula is C26H23N3O3S. The summed E-state index contributed by atoms with van der Waals surface area (Å²) in [5.41, 5.74) is 2.58. The van der Waals surface area contributed by atoms with Crippen LogP contribution in [0.5, 0.6) is 0 Å².